The van der Waals surface area contributed by atoms with Crippen LogP contribution in [0.2, 0.25) is 0 Å². The van der Waals surface area contributed by atoms with Gasteiger partial charge in [-0.2, -0.15) is 0 Å². The molecule has 3 heteroatoms. The molecule has 4 atom stereocenters. The number of carboxylic acid groups (broad SMARTS) is 1. The van der Waals surface area contributed by atoms with Gasteiger partial charge in [-0.3, -0.25) is 9.59 Å². The molecule has 0 heterocycles. The normalized spacial score (nSPS) is 43.6. The fourth-order valence-corrected chi connectivity index (χ4v) is 5.48. The van der Waals surface area contributed by atoms with Gasteiger partial charge >= 0.3 is 5.97 Å². The molecular formula is C20H28O3. The van der Waals surface area contributed by atoms with Crippen molar-refractivity contribution in [3.05, 3.63) is 23.8 Å². The van der Waals surface area contributed by atoms with Crippen LogP contribution in [0.4, 0.5) is 0 Å². The van der Waals surface area contributed by atoms with E-state index in [4.69, 9.17) is 0 Å². The number of allylic oxidation sites excluding steroid dienone is 3. The summed E-state index contributed by atoms with van der Waals surface area (Å²) in [7, 11) is 0. The standard InChI is InChI=1S/C20H28O3/c1-5-18(2)10-7-14-13(12-18)15(21)11-16-19(14,3)8-6-9-20(16,4)17(22)23/h5,16H,1,6-12H2,2-4H3,(H,22,23)/t16-,18-,19-,20-/m1/s1. The molecule has 0 spiro atoms. The monoisotopic (exact) mass is 316 g/mol. The van der Waals surface area contributed by atoms with E-state index in [1.165, 1.54) is 5.57 Å². The molecule has 0 bridgehead atoms. The Hall–Kier alpha value is -1.38. The van der Waals surface area contributed by atoms with E-state index >= 15 is 0 Å². The highest BCUT2D eigenvalue weighted by molar-refractivity contribution is 5.98. The van der Waals surface area contributed by atoms with Gasteiger partial charge in [0.1, 0.15) is 0 Å². The third-order valence-electron chi connectivity index (χ3n) is 7.22. The van der Waals surface area contributed by atoms with Gasteiger partial charge in [0.05, 0.1) is 5.41 Å². The number of carbonyl (C=O) groups is 2. The van der Waals surface area contributed by atoms with E-state index in [2.05, 4.69) is 20.4 Å². The topological polar surface area (TPSA) is 54.4 Å². The molecule has 1 fully saturated rings. The highest BCUT2D eigenvalue weighted by atomic mass is 16.4. The van der Waals surface area contributed by atoms with Gasteiger partial charge in [0, 0.05) is 6.42 Å². The number of fused-ring (bicyclic) bond motifs is 2. The van der Waals surface area contributed by atoms with Crippen molar-refractivity contribution in [1.82, 2.24) is 0 Å². The van der Waals surface area contributed by atoms with Gasteiger partial charge in [-0.1, -0.05) is 31.9 Å². The first-order chi connectivity index (χ1) is 10.7. The van der Waals surface area contributed by atoms with Crippen molar-refractivity contribution in [1.29, 1.82) is 0 Å². The molecule has 23 heavy (non-hydrogen) atoms. The van der Waals surface area contributed by atoms with E-state index in [-0.39, 0.29) is 22.5 Å². The van der Waals surface area contributed by atoms with Crippen molar-refractivity contribution >= 4 is 11.8 Å². The summed E-state index contributed by atoms with van der Waals surface area (Å²) in [5.41, 5.74) is 1.36. The number of rotatable bonds is 2. The minimum atomic E-state index is -0.777. The van der Waals surface area contributed by atoms with Gasteiger partial charge in [0.25, 0.3) is 0 Å². The Morgan fingerprint density at radius 3 is 2.57 bits per heavy atom. The fourth-order valence-electron chi connectivity index (χ4n) is 5.48. The number of hydrogen-bond acceptors (Lipinski definition) is 2. The van der Waals surface area contributed by atoms with E-state index in [0.29, 0.717) is 12.8 Å². The molecule has 3 aliphatic rings. The summed E-state index contributed by atoms with van der Waals surface area (Å²) in [5.74, 6) is -0.623. The van der Waals surface area contributed by atoms with Gasteiger partial charge in [0.15, 0.2) is 5.78 Å². The van der Waals surface area contributed by atoms with E-state index in [9.17, 15) is 14.7 Å². The highest BCUT2D eigenvalue weighted by Gasteiger charge is 2.58. The second-order valence-electron chi connectivity index (χ2n) is 8.67. The Balaban J connectivity index is 2.09. The number of Topliss-reactive ketones (excluding diaryl/α,β-unsaturated/α-hetero) is 1. The summed E-state index contributed by atoms with van der Waals surface area (Å²) in [4.78, 5) is 24.8. The molecule has 1 N–H and O–H groups in total. The summed E-state index contributed by atoms with van der Waals surface area (Å²) in [6.45, 7) is 10.2. The number of hydrogen-bond donors (Lipinski definition) is 1. The second-order valence-corrected chi connectivity index (χ2v) is 8.67. The van der Waals surface area contributed by atoms with Crippen LogP contribution in [0.5, 0.6) is 0 Å². The van der Waals surface area contributed by atoms with Crippen LogP contribution in [-0.4, -0.2) is 16.9 Å². The number of carboxylic acids is 1. The molecule has 0 radical (unpaired) electrons. The number of aliphatic carboxylic acids is 1. The molecule has 126 valence electrons. The molecule has 0 aromatic rings. The molecular weight excluding hydrogens is 288 g/mol. The number of carbonyl (C=O) groups excluding carboxylic acids is 1. The molecule has 0 saturated heterocycles. The van der Waals surface area contributed by atoms with Crippen molar-refractivity contribution in [2.45, 2.75) is 65.7 Å². The summed E-state index contributed by atoms with van der Waals surface area (Å²) in [6.07, 6.45) is 7.70. The summed E-state index contributed by atoms with van der Waals surface area (Å²) in [5, 5.41) is 9.81. The van der Waals surface area contributed by atoms with Crippen LogP contribution in [0.25, 0.3) is 0 Å². The highest BCUT2D eigenvalue weighted by Crippen LogP contribution is 2.62. The number of ketones is 1. The molecule has 1 saturated carbocycles. The molecule has 3 aliphatic carbocycles. The van der Waals surface area contributed by atoms with Crippen LogP contribution in [-0.2, 0) is 9.59 Å². The van der Waals surface area contributed by atoms with Crippen LogP contribution in [0.1, 0.15) is 65.7 Å². The molecule has 3 rings (SSSR count). The van der Waals surface area contributed by atoms with Crippen molar-refractivity contribution in [2.24, 2.45) is 22.2 Å². The van der Waals surface area contributed by atoms with Gasteiger partial charge < -0.3 is 5.11 Å². The van der Waals surface area contributed by atoms with Crippen LogP contribution in [0, 0.1) is 22.2 Å². The minimum Gasteiger partial charge on any atom is -0.481 e. The summed E-state index contributed by atoms with van der Waals surface area (Å²) in [6, 6.07) is 0. The van der Waals surface area contributed by atoms with Crippen molar-refractivity contribution in [3.8, 4) is 0 Å². The SMILES string of the molecule is C=C[C@]1(C)CCC2=C(C1)C(=O)C[C@H]1[C@](C)(C(=O)O)CCC[C@]21C. The molecule has 0 aromatic heterocycles. The lowest BCUT2D eigenvalue weighted by Crippen LogP contribution is -2.53. The van der Waals surface area contributed by atoms with Gasteiger partial charge in [-0.05, 0) is 61.3 Å². The molecule has 0 amide bonds. The average molecular weight is 316 g/mol. The predicted molar refractivity (Wildman–Crippen MR) is 90.0 cm³/mol. The molecule has 3 nitrogen and oxygen atoms in total. The predicted octanol–water partition coefficient (Wildman–Crippen LogP) is 4.53. The van der Waals surface area contributed by atoms with Crippen LogP contribution in [0.3, 0.4) is 0 Å². The molecule has 0 unspecified atom stereocenters. The minimum absolute atomic E-state index is 0.00244. The van der Waals surface area contributed by atoms with Crippen molar-refractivity contribution in [2.75, 3.05) is 0 Å². The van der Waals surface area contributed by atoms with Gasteiger partial charge in [0.2, 0.25) is 0 Å². The smallest absolute Gasteiger partial charge is 0.309 e. The van der Waals surface area contributed by atoms with Gasteiger partial charge in [-0.25, -0.2) is 0 Å². The van der Waals surface area contributed by atoms with Crippen molar-refractivity contribution < 1.29 is 14.7 Å². The zero-order chi connectivity index (χ0) is 17.0. The quantitative estimate of drug-likeness (QED) is 0.762. The summed E-state index contributed by atoms with van der Waals surface area (Å²) >= 11 is 0. The largest absolute Gasteiger partial charge is 0.481 e. The maximum absolute atomic E-state index is 12.9. The Labute approximate surface area is 138 Å². The Kier molecular flexibility index (Phi) is 3.62. The van der Waals surface area contributed by atoms with Crippen LogP contribution < -0.4 is 0 Å². The van der Waals surface area contributed by atoms with Crippen LogP contribution in [0.15, 0.2) is 23.8 Å². The lowest BCUT2D eigenvalue weighted by Gasteiger charge is -2.55. The first-order valence-electron chi connectivity index (χ1n) is 8.79. The maximum Gasteiger partial charge on any atom is 0.309 e. The first-order valence-corrected chi connectivity index (χ1v) is 8.79. The van der Waals surface area contributed by atoms with E-state index in [1.54, 1.807) is 0 Å². The van der Waals surface area contributed by atoms with Gasteiger partial charge in [-0.15, -0.1) is 6.58 Å². The van der Waals surface area contributed by atoms with E-state index in [1.807, 2.05) is 13.0 Å². The molecule has 0 aliphatic heterocycles. The zero-order valence-electron chi connectivity index (χ0n) is 14.6. The fraction of sp³-hybridized carbons (Fsp3) is 0.700. The van der Waals surface area contributed by atoms with E-state index in [0.717, 1.165) is 37.7 Å². The van der Waals surface area contributed by atoms with Crippen LogP contribution >= 0.6 is 0 Å². The Bertz CT molecular complexity index is 616. The lowest BCUT2D eigenvalue weighted by molar-refractivity contribution is -0.160. The molecule has 0 aromatic carbocycles. The first kappa shape index (κ1) is 16.5. The van der Waals surface area contributed by atoms with E-state index < -0.39 is 11.4 Å². The maximum atomic E-state index is 12.9. The summed E-state index contributed by atoms with van der Waals surface area (Å²) < 4.78 is 0. The third kappa shape index (κ3) is 2.23. The Morgan fingerprint density at radius 2 is 1.96 bits per heavy atom. The zero-order valence-corrected chi connectivity index (χ0v) is 14.6. The third-order valence-corrected chi connectivity index (χ3v) is 7.22. The lowest BCUT2D eigenvalue weighted by atomic mass is 9.47. The average Bonchev–Trinajstić information content (AvgIpc) is 2.50. The second kappa shape index (κ2) is 5.06. The van der Waals surface area contributed by atoms with Crippen molar-refractivity contribution in [3.63, 3.8) is 0 Å². The Morgan fingerprint density at radius 1 is 1.26 bits per heavy atom.